The van der Waals surface area contributed by atoms with Crippen molar-refractivity contribution < 1.29 is 4.79 Å². The molecule has 0 spiro atoms. The maximum Gasteiger partial charge on any atom is 0.241 e. The summed E-state index contributed by atoms with van der Waals surface area (Å²) in [6.45, 7) is 1.00. The molecule has 1 aromatic heterocycles. The molecule has 5 heteroatoms. The molecule has 0 bridgehead atoms. The Morgan fingerprint density at radius 1 is 1.33 bits per heavy atom. The summed E-state index contributed by atoms with van der Waals surface area (Å²) in [5.41, 5.74) is 3.63. The van der Waals surface area contributed by atoms with Crippen molar-refractivity contribution in [2.24, 2.45) is 0 Å². The van der Waals surface area contributed by atoms with Crippen LogP contribution in [-0.4, -0.2) is 22.7 Å². The number of nitrogens with zero attached hydrogens (tertiary/aromatic N) is 2. The molecule has 2 N–H and O–H groups in total. The van der Waals surface area contributed by atoms with E-state index in [9.17, 15) is 4.79 Å². The maximum absolute atomic E-state index is 11.3. The van der Waals surface area contributed by atoms with Gasteiger partial charge in [-0.1, -0.05) is 24.3 Å². The number of aromatic nitrogens is 2. The van der Waals surface area contributed by atoms with Gasteiger partial charge in [-0.3, -0.25) is 9.48 Å². The van der Waals surface area contributed by atoms with Gasteiger partial charge in [-0.05, 0) is 29.9 Å². The van der Waals surface area contributed by atoms with Gasteiger partial charge in [0.1, 0.15) is 6.54 Å². The fourth-order valence-electron chi connectivity index (χ4n) is 2.30. The minimum atomic E-state index is -0.0553. The number of likely N-dealkylation sites (N-methyl/N-ethyl adjacent to an activating group) is 1. The van der Waals surface area contributed by atoms with Crippen LogP contribution in [0.25, 0.3) is 0 Å². The number of nitrogens with one attached hydrogen (secondary N) is 2. The third-order valence-corrected chi connectivity index (χ3v) is 3.74. The summed E-state index contributed by atoms with van der Waals surface area (Å²) in [7, 11) is 1.62. The first-order chi connectivity index (χ1) is 10.2. The van der Waals surface area contributed by atoms with Crippen molar-refractivity contribution in [3.05, 3.63) is 47.8 Å². The first kappa shape index (κ1) is 13.7. The van der Waals surface area contributed by atoms with Crippen LogP contribution in [0, 0.1) is 0 Å². The number of carbonyl (C=O) groups excluding carboxylic acids is 1. The Balaban J connectivity index is 1.53. The Bertz CT molecular complexity index is 613. The van der Waals surface area contributed by atoms with Gasteiger partial charge in [0.05, 0.1) is 11.9 Å². The maximum atomic E-state index is 11.3. The average molecular weight is 284 g/mol. The molecule has 0 saturated heterocycles. The number of rotatable bonds is 6. The predicted molar refractivity (Wildman–Crippen MR) is 82.0 cm³/mol. The van der Waals surface area contributed by atoms with E-state index in [1.807, 2.05) is 6.20 Å². The first-order valence-corrected chi connectivity index (χ1v) is 7.30. The Morgan fingerprint density at radius 3 is 2.76 bits per heavy atom. The number of anilines is 1. The SMILES string of the molecule is CNC(=O)Cn1cc(NCc2ccc(C3CC3)cc2)cn1. The second kappa shape index (κ2) is 5.99. The van der Waals surface area contributed by atoms with Gasteiger partial charge in [-0.25, -0.2) is 0 Å². The van der Waals surface area contributed by atoms with Crippen LogP contribution in [0.1, 0.15) is 29.9 Å². The molecule has 2 aromatic rings. The third kappa shape index (κ3) is 3.62. The minimum Gasteiger partial charge on any atom is -0.378 e. The van der Waals surface area contributed by atoms with Gasteiger partial charge < -0.3 is 10.6 Å². The number of carbonyl (C=O) groups is 1. The van der Waals surface area contributed by atoms with Crippen molar-refractivity contribution in [3.63, 3.8) is 0 Å². The van der Waals surface area contributed by atoms with Crippen molar-refractivity contribution in [1.29, 1.82) is 0 Å². The lowest BCUT2D eigenvalue weighted by Gasteiger charge is -2.05. The molecule has 110 valence electrons. The van der Waals surface area contributed by atoms with Crippen molar-refractivity contribution in [2.45, 2.75) is 31.8 Å². The van der Waals surface area contributed by atoms with Crippen molar-refractivity contribution >= 4 is 11.6 Å². The van der Waals surface area contributed by atoms with E-state index in [0.29, 0.717) is 0 Å². The van der Waals surface area contributed by atoms with Crippen molar-refractivity contribution in [1.82, 2.24) is 15.1 Å². The number of benzene rings is 1. The van der Waals surface area contributed by atoms with Gasteiger partial charge in [-0.2, -0.15) is 5.10 Å². The molecule has 0 unspecified atom stereocenters. The normalized spacial score (nSPS) is 14.0. The molecular formula is C16H20N4O. The van der Waals surface area contributed by atoms with E-state index in [1.165, 1.54) is 24.0 Å². The molecule has 5 nitrogen and oxygen atoms in total. The van der Waals surface area contributed by atoms with E-state index in [2.05, 4.69) is 40.0 Å². The quantitative estimate of drug-likeness (QED) is 0.854. The monoisotopic (exact) mass is 284 g/mol. The standard InChI is InChI=1S/C16H20N4O/c1-17-16(21)11-20-10-15(9-19-20)18-8-12-2-4-13(5-3-12)14-6-7-14/h2-5,9-10,14,18H,6-8,11H2,1H3,(H,17,21). The van der Waals surface area contributed by atoms with Crippen LogP contribution in [0.3, 0.4) is 0 Å². The number of hydrogen-bond donors (Lipinski definition) is 2. The van der Waals surface area contributed by atoms with E-state index in [1.54, 1.807) is 17.9 Å². The zero-order chi connectivity index (χ0) is 14.7. The molecular weight excluding hydrogens is 264 g/mol. The van der Waals surface area contributed by atoms with Gasteiger partial charge in [0, 0.05) is 19.8 Å². The number of amides is 1. The second-order valence-corrected chi connectivity index (χ2v) is 5.47. The summed E-state index contributed by atoms with van der Waals surface area (Å²) < 4.78 is 1.62. The van der Waals surface area contributed by atoms with Crippen LogP contribution in [0.15, 0.2) is 36.7 Å². The Hall–Kier alpha value is -2.30. The molecule has 1 fully saturated rings. The minimum absolute atomic E-state index is 0.0553. The largest absolute Gasteiger partial charge is 0.378 e. The lowest BCUT2D eigenvalue weighted by molar-refractivity contribution is -0.121. The zero-order valence-electron chi connectivity index (χ0n) is 12.2. The Kier molecular flexibility index (Phi) is 3.90. The molecule has 1 amide bonds. The molecule has 1 heterocycles. The summed E-state index contributed by atoms with van der Waals surface area (Å²) in [6, 6.07) is 8.80. The smallest absolute Gasteiger partial charge is 0.241 e. The van der Waals surface area contributed by atoms with E-state index in [0.717, 1.165) is 18.2 Å². The Labute approximate surface area is 124 Å². The summed E-state index contributed by atoms with van der Waals surface area (Å²) >= 11 is 0. The fourth-order valence-corrected chi connectivity index (χ4v) is 2.30. The van der Waals surface area contributed by atoms with Gasteiger partial charge in [-0.15, -0.1) is 0 Å². The van der Waals surface area contributed by atoms with Gasteiger partial charge in [0.25, 0.3) is 0 Å². The van der Waals surface area contributed by atoms with Crippen LogP contribution in [0.5, 0.6) is 0 Å². The molecule has 3 rings (SSSR count). The molecule has 0 atom stereocenters. The third-order valence-electron chi connectivity index (χ3n) is 3.74. The van der Waals surface area contributed by atoms with E-state index < -0.39 is 0 Å². The second-order valence-electron chi connectivity index (χ2n) is 5.47. The highest BCUT2D eigenvalue weighted by Gasteiger charge is 2.22. The molecule has 21 heavy (non-hydrogen) atoms. The summed E-state index contributed by atoms with van der Waals surface area (Å²) in [5.74, 6) is 0.746. The molecule has 1 aliphatic carbocycles. The topological polar surface area (TPSA) is 59.0 Å². The average Bonchev–Trinajstić information content (AvgIpc) is 3.27. The van der Waals surface area contributed by atoms with Crippen molar-refractivity contribution in [2.75, 3.05) is 12.4 Å². The highest BCUT2D eigenvalue weighted by molar-refractivity contribution is 5.75. The zero-order valence-corrected chi connectivity index (χ0v) is 12.2. The summed E-state index contributed by atoms with van der Waals surface area (Å²) in [5, 5.41) is 10.1. The first-order valence-electron chi connectivity index (χ1n) is 7.30. The predicted octanol–water partition coefficient (Wildman–Crippen LogP) is 2.12. The van der Waals surface area contributed by atoms with E-state index in [-0.39, 0.29) is 12.5 Å². The van der Waals surface area contributed by atoms with Crippen molar-refractivity contribution in [3.8, 4) is 0 Å². The molecule has 0 radical (unpaired) electrons. The van der Waals surface area contributed by atoms with Gasteiger partial charge in [0.2, 0.25) is 5.91 Å². The van der Waals surface area contributed by atoms with Crippen LogP contribution < -0.4 is 10.6 Å². The molecule has 1 saturated carbocycles. The fraction of sp³-hybridized carbons (Fsp3) is 0.375. The van der Waals surface area contributed by atoms with E-state index >= 15 is 0 Å². The lowest BCUT2D eigenvalue weighted by atomic mass is 10.1. The Morgan fingerprint density at radius 2 is 2.10 bits per heavy atom. The summed E-state index contributed by atoms with van der Waals surface area (Å²) in [6.07, 6.45) is 6.25. The van der Waals surface area contributed by atoms with Gasteiger partial charge >= 0.3 is 0 Å². The van der Waals surface area contributed by atoms with Gasteiger partial charge in [0.15, 0.2) is 0 Å². The van der Waals surface area contributed by atoms with Crippen LogP contribution in [0.4, 0.5) is 5.69 Å². The lowest BCUT2D eigenvalue weighted by Crippen LogP contribution is -2.23. The van der Waals surface area contributed by atoms with Crippen LogP contribution in [-0.2, 0) is 17.9 Å². The number of hydrogen-bond acceptors (Lipinski definition) is 3. The van der Waals surface area contributed by atoms with Crippen LogP contribution in [0.2, 0.25) is 0 Å². The highest BCUT2D eigenvalue weighted by Crippen LogP contribution is 2.39. The summed E-state index contributed by atoms with van der Waals surface area (Å²) in [4.78, 5) is 11.3. The van der Waals surface area contributed by atoms with E-state index in [4.69, 9.17) is 0 Å². The molecule has 1 aromatic carbocycles. The highest BCUT2D eigenvalue weighted by atomic mass is 16.1. The van der Waals surface area contributed by atoms with Crippen LogP contribution >= 0.6 is 0 Å². The molecule has 0 aliphatic heterocycles. The molecule has 1 aliphatic rings.